The Labute approximate surface area is 195 Å². The van der Waals surface area contributed by atoms with Crippen LogP contribution < -0.4 is 10.1 Å². The first-order chi connectivity index (χ1) is 15.2. The molecule has 2 aromatic rings. The van der Waals surface area contributed by atoms with Crippen molar-refractivity contribution >= 4 is 45.5 Å². The molecule has 0 saturated carbocycles. The molecule has 1 aliphatic heterocycles. The highest BCUT2D eigenvalue weighted by atomic mass is 79.9. The van der Waals surface area contributed by atoms with Crippen LogP contribution in [-0.4, -0.2) is 71.0 Å². The Bertz CT molecular complexity index is 1040. The number of hydrogen-bond acceptors (Lipinski definition) is 10. The number of aromatic nitrogens is 2. The molecule has 0 bridgehead atoms. The van der Waals surface area contributed by atoms with Crippen LogP contribution in [0.5, 0.6) is 11.5 Å². The summed E-state index contributed by atoms with van der Waals surface area (Å²) < 4.78 is 15.9. The van der Waals surface area contributed by atoms with E-state index in [2.05, 4.69) is 31.4 Å². The van der Waals surface area contributed by atoms with Crippen molar-refractivity contribution in [3.63, 3.8) is 0 Å². The van der Waals surface area contributed by atoms with Crippen LogP contribution in [-0.2, 0) is 20.1 Å². The molecule has 0 spiro atoms. The summed E-state index contributed by atoms with van der Waals surface area (Å²) in [7, 11) is 2.81. The third kappa shape index (κ3) is 5.33. The summed E-state index contributed by atoms with van der Waals surface area (Å²) in [6, 6.07) is 0.735. The van der Waals surface area contributed by atoms with Gasteiger partial charge in [0.05, 0.1) is 23.7 Å². The monoisotopic (exact) mass is 528 g/mol. The zero-order valence-electron chi connectivity index (χ0n) is 17.5. The molecule has 2 N–H and O–H groups in total. The van der Waals surface area contributed by atoms with Gasteiger partial charge < -0.3 is 29.3 Å². The number of amides is 2. The second kappa shape index (κ2) is 10.2. The van der Waals surface area contributed by atoms with Gasteiger partial charge in [-0.05, 0) is 22.9 Å². The molecule has 1 aromatic carbocycles. The van der Waals surface area contributed by atoms with E-state index in [0.717, 1.165) is 4.90 Å². The number of aryl methyl sites for hydroxylation is 1. The van der Waals surface area contributed by atoms with Crippen molar-refractivity contribution in [3.05, 3.63) is 33.4 Å². The second-order valence-corrected chi connectivity index (χ2v) is 8.73. The number of carbonyl (C=O) groups excluding carboxylic acids is 3. The molecule has 172 valence electrons. The van der Waals surface area contributed by atoms with E-state index >= 15 is 0 Å². The molecule has 1 aliphatic rings. The van der Waals surface area contributed by atoms with E-state index in [9.17, 15) is 19.5 Å². The van der Waals surface area contributed by atoms with E-state index in [-0.39, 0.29) is 40.8 Å². The standard InChI is InChI=1S/C19H21BrN4O7S/c1-9-21-18(31-23-9)11-8-32-7-10-12(25)4-13(29-3)17(20)16(10)19(28)30-6-15(27)24(2)5-14(26)22-11/h4,11,25H,5-8H2,1-3H3,(H,22,26)/t11-/m0/s1. The molecular formula is C19H21BrN4O7S. The number of phenolic OH excluding ortho intramolecular Hbond substituents is 1. The van der Waals surface area contributed by atoms with Gasteiger partial charge >= 0.3 is 5.97 Å². The van der Waals surface area contributed by atoms with Crippen molar-refractivity contribution in [3.8, 4) is 11.5 Å². The van der Waals surface area contributed by atoms with Gasteiger partial charge in [0.1, 0.15) is 17.5 Å². The average Bonchev–Trinajstić information content (AvgIpc) is 3.18. The predicted molar refractivity (Wildman–Crippen MR) is 116 cm³/mol. The van der Waals surface area contributed by atoms with Crippen LogP contribution in [0.25, 0.3) is 0 Å². The Balaban J connectivity index is 1.98. The molecule has 0 unspecified atom stereocenters. The number of hydrogen-bond donors (Lipinski definition) is 2. The van der Waals surface area contributed by atoms with Gasteiger partial charge in [0.2, 0.25) is 11.8 Å². The highest BCUT2D eigenvalue weighted by molar-refractivity contribution is 9.10. The lowest BCUT2D eigenvalue weighted by molar-refractivity contribution is -0.137. The SMILES string of the molecule is COc1cc(O)c2c(c1Br)C(=O)OCC(=O)N(C)CC(=O)N[C@H](c1nc(C)no1)CSC2. The molecule has 0 saturated heterocycles. The maximum absolute atomic E-state index is 12.8. The molecular weight excluding hydrogens is 508 g/mol. The van der Waals surface area contributed by atoms with Gasteiger partial charge in [0, 0.05) is 30.2 Å². The summed E-state index contributed by atoms with van der Waals surface area (Å²) in [5, 5.41) is 17.1. The summed E-state index contributed by atoms with van der Waals surface area (Å²) in [4.78, 5) is 42.9. The number of fused-ring (bicyclic) bond motifs is 1. The third-order valence-corrected chi connectivity index (χ3v) is 6.43. The fourth-order valence-corrected chi connectivity index (χ4v) is 4.68. The second-order valence-electron chi connectivity index (χ2n) is 6.91. The number of aromatic hydroxyl groups is 1. The summed E-state index contributed by atoms with van der Waals surface area (Å²) in [6.45, 7) is 0.827. The van der Waals surface area contributed by atoms with Crippen LogP contribution in [0.1, 0.15) is 33.7 Å². The van der Waals surface area contributed by atoms with Gasteiger partial charge in [-0.1, -0.05) is 5.16 Å². The molecule has 3 rings (SSSR count). The number of thioether (sulfide) groups is 1. The van der Waals surface area contributed by atoms with Crippen LogP contribution in [0.3, 0.4) is 0 Å². The number of nitrogens with one attached hydrogen (secondary N) is 1. The number of esters is 1. The lowest BCUT2D eigenvalue weighted by atomic mass is 10.1. The Kier molecular flexibility index (Phi) is 7.61. The molecule has 0 aliphatic carbocycles. The number of ether oxygens (including phenoxy) is 2. The van der Waals surface area contributed by atoms with Crippen molar-refractivity contribution in [2.75, 3.05) is 33.1 Å². The van der Waals surface area contributed by atoms with Gasteiger partial charge in [-0.15, -0.1) is 0 Å². The van der Waals surface area contributed by atoms with E-state index in [4.69, 9.17) is 14.0 Å². The highest BCUT2D eigenvalue weighted by Gasteiger charge is 2.28. The molecule has 0 fully saturated rings. The molecule has 11 nitrogen and oxygen atoms in total. The number of methoxy groups -OCH3 is 1. The van der Waals surface area contributed by atoms with E-state index in [1.54, 1.807) is 6.92 Å². The molecule has 2 heterocycles. The molecule has 2 amide bonds. The Morgan fingerprint density at radius 2 is 2.12 bits per heavy atom. The maximum atomic E-state index is 12.8. The van der Waals surface area contributed by atoms with Gasteiger partial charge in [-0.2, -0.15) is 16.7 Å². The highest BCUT2D eigenvalue weighted by Crippen LogP contribution is 2.39. The largest absolute Gasteiger partial charge is 0.507 e. The van der Waals surface area contributed by atoms with E-state index in [1.165, 1.54) is 32.0 Å². The van der Waals surface area contributed by atoms with Gasteiger partial charge in [0.15, 0.2) is 12.4 Å². The molecule has 1 atom stereocenters. The van der Waals surface area contributed by atoms with Gasteiger partial charge in [-0.3, -0.25) is 9.59 Å². The zero-order valence-corrected chi connectivity index (χ0v) is 19.9. The number of rotatable bonds is 2. The summed E-state index contributed by atoms with van der Waals surface area (Å²) in [5.74, 6) is -0.662. The summed E-state index contributed by atoms with van der Waals surface area (Å²) in [5.41, 5.74) is 0.341. The molecule has 32 heavy (non-hydrogen) atoms. The number of carbonyl (C=O) groups is 3. The van der Waals surface area contributed by atoms with Crippen molar-refractivity contribution < 1.29 is 33.5 Å². The normalized spacial score (nSPS) is 18.4. The Morgan fingerprint density at radius 3 is 2.78 bits per heavy atom. The van der Waals surface area contributed by atoms with Crippen molar-refractivity contribution in [1.82, 2.24) is 20.4 Å². The van der Waals surface area contributed by atoms with Crippen LogP contribution in [0, 0.1) is 6.92 Å². The Morgan fingerprint density at radius 1 is 1.38 bits per heavy atom. The Hall–Kier alpha value is -2.80. The first-order valence-corrected chi connectivity index (χ1v) is 11.3. The number of halogens is 1. The fourth-order valence-electron chi connectivity index (χ4n) is 2.93. The number of cyclic esters (lactones) is 1. The van der Waals surface area contributed by atoms with E-state index in [1.807, 2.05) is 0 Å². The smallest absolute Gasteiger partial charge is 0.340 e. The average molecular weight is 529 g/mol. The zero-order chi connectivity index (χ0) is 23.4. The molecule has 1 aromatic heterocycles. The van der Waals surface area contributed by atoms with E-state index in [0.29, 0.717) is 16.0 Å². The number of benzene rings is 1. The molecule has 0 radical (unpaired) electrons. The minimum Gasteiger partial charge on any atom is -0.507 e. The van der Waals surface area contributed by atoms with Crippen molar-refractivity contribution in [2.24, 2.45) is 0 Å². The topological polar surface area (TPSA) is 144 Å². The summed E-state index contributed by atoms with van der Waals surface area (Å²) in [6.07, 6.45) is 0. The van der Waals surface area contributed by atoms with Crippen LogP contribution in [0.2, 0.25) is 0 Å². The number of phenols is 1. The van der Waals surface area contributed by atoms with Crippen molar-refractivity contribution in [2.45, 2.75) is 18.7 Å². The van der Waals surface area contributed by atoms with Crippen LogP contribution >= 0.6 is 27.7 Å². The number of nitrogens with zero attached hydrogens (tertiary/aromatic N) is 3. The minimum absolute atomic E-state index is 0.0519. The number of likely N-dealkylation sites (N-methyl/N-ethyl adjacent to an activating group) is 1. The molecule has 13 heteroatoms. The van der Waals surface area contributed by atoms with Crippen LogP contribution in [0.4, 0.5) is 0 Å². The van der Waals surface area contributed by atoms with Crippen LogP contribution in [0.15, 0.2) is 15.1 Å². The lowest BCUT2D eigenvalue weighted by Gasteiger charge is -2.21. The minimum atomic E-state index is -0.811. The quantitative estimate of drug-likeness (QED) is 0.550. The lowest BCUT2D eigenvalue weighted by Crippen LogP contribution is -2.42. The van der Waals surface area contributed by atoms with Gasteiger partial charge in [0.25, 0.3) is 5.91 Å². The first kappa shape index (κ1) is 23.9. The van der Waals surface area contributed by atoms with E-state index < -0.39 is 30.4 Å². The summed E-state index contributed by atoms with van der Waals surface area (Å²) >= 11 is 4.65. The van der Waals surface area contributed by atoms with Crippen molar-refractivity contribution in [1.29, 1.82) is 0 Å². The maximum Gasteiger partial charge on any atom is 0.340 e. The first-order valence-electron chi connectivity index (χ1n) is 9.38. The third-order valence-electron chi connectivity index (χ3n) is 4.58. The van der Waals surface area contributed by atoms with Gasteiger partial charge in [-0.25, -0.2) is 4.79 Å². The fraction of sp³-hybridized carbons (Fsp3) is 0.421. The predicted octanol–water partition coefficient (Wildman–Crippen LogP) is 1.57.